The molecule has 164 valence electrons. The fraction of sp³-hybridized carbons (Fsp3) is 0.217. The normalized spacial score (nSPS) is 11.2. The van der Waals surface area contributed by atoms with E-state index in [0.717, 1.165) is 5.56 Å². The molecule has 0 bridgehead atoms. The molecular weight excluding hydrogens is 408 g/mol. The number of benzene rings is 2. The van der Waals surface area contributed by atoms with Gasteiger partial charge in [-0.3, -0.25) is 0 Å². The maximum Gasteiger partial charge on any atom is 0.323 e. The quantitative estimate of drug-likeness (QED) is 0.370. The van der Waals surface area contributed by atoms with E-state index in [1.807, 2.05) is 6.07 Å². The van der Waals surface area contributed by atoms with E-state index in [4.69, 9.17) is 15.1 Å². The van der Waals surface area contributed by atoms with Crippen LogP contribution in [0.2, 0.25) is 0 Å². The molecule has 0 aliphatic rings. The number of rotatable bonds is 9. The van der Waals surface area contributed by atoms with Gasteiger partial charge in [0.2, 0.25) is 11.8 Å². The lowest BCUT2D eigenvalue weighted by Crippen LogP contribution is -2.19. The van der Waals surface area contributed by atoms with Crippen molar-refractivity contribution in [2.45, 2.75) is 19.3 Å². The Labute approximate surface area is 186 Å². The van der Waals surface area contributed by atoms with Crippen molar-refractivity contribution in [1.29, 1.82) is 5.26 Å². The summed E-state index contributed by atoms with van der Waals surface area (Å²) in [5.74, 6) is 1.08. The van der Waals surface area contributed by atoms with Gasteiger partial charge in [-0.05, 0) is 55.3 Å². The molecular formula is C23H24N6O3. The Morgan fingerprint density at radius 2 is 1.94 bits per heavy atom. The number of hydrogen-bond acceptors (Lipinski definition) is 7. The molecule has 3 rings (SSSR count). The zero-order chi connectivity index (χ0) is 22.8. The van der Waals surface area contributed by atoms with Crippen molar-refractivity contribution in [1.82, 2.24) is 9.97 Å². The summed E-state index contributed by atoms with van der Waals surface area (Å²) in [7, 11) is 0. The molecule has 0 saturated carbocycles. The number of aromatic nitrogens is 2. The van der Waals surface area contributed by atoms with Crippen molar-refractivity contribution < 1.29 is 14.6 Å². The second-order valence-electron chi connectivity index (χ2n) is 6.90. The highest BCUT2D eigenvalue weighted by Crippen LogP contribution is 2.23. The van der Waals surface area contributed by atoms with Crippen LogP contribution in [0, 0.1) is 11.3 Å². The van der Waals surface area contributed by atoms with Crippen LogP contribution in [0.25, 0.3) is 0 Å². The van der Waals surface area contributed by atoms with Crippen LogP contribution in [0.3, 0.4) is 0 Å². The lowest BCUT2D eigenvalue weighted by molar-refractivity contribution is 0.262. The van der Waals surface area contributed by atoms with E-state index in [1.54, 1.807) is 61.7 Å². The molecule has 0 radical (unpaired) electrons. The molecule has 2 amide bonds. The van der Waals surface area contributed by atoms with E-state index >= 15 is 0 Å². The van der Waals surface area contributed by atoms with E-state index in [1.165, 1.54) is 0 Å². The number of carbonyl (C=O) groups excluding carboxylic acids is 1. The molecule has 0 fully saturated rings. The first-order chi connectivity index (χ1) is 15.6. The summed E-state index contributed by atoms with van der Waals surface area (Å²) < 4.78 is 5.73. The van der Waals surface area contributed by atoms with E-state index in [2.05, 4.69) is 32.0 Å². The number of anilines is 3. The van der Waals surface area contributed by atoms with E-state index in [0.29, 0.717) is 41.9 Å². The minimum absolute atomic E-state index is 0.0916. The van der Waals surface area contributed by atoms with Crippen LogP contribution in [-0.2, 0) is 0 Å². The predicted octanol–water partition coefficient (Wildman–Crippen LogP) is 4.33. The van der Waals surface area contributed by atoms with Crippen LogP contribution in [0.1, 0.15) is 24.8 Å². The summed E-state index contributed by atoms with van der Waals surface area (Å²) >= 11 is 0. The number of amides is 2. The highest BCUT2D eigenvalue weighted by molar-refractivity contribution is 5.99. The minimum atomic E-state index is -0.394. The Morgan fingerprint density at radius 3 is 2.69 bits per heavy atom. The first-order valence-electron chi connectivity index (χ1n) is 10.1. The van der Waals surface area contributed by atoms with Gasteiger partial charge in [0.1, 0.15) is 5.75 Å². The standard InChI is InChI=1S/C23H24N6O3/c1-16(15-24)17-4-2-5-19(14-17)28-23(31)27-18-6-8-20(9-7-18)32-21-10-12-26-22(29-21)25-11-3-13-30/h2,4-10,12,14,16,30H,3,11,13H2,1H3,(H,25,26,29)(H2,27,28,31). The third-order valence-electron chi connectivity index (χ3n) is 4.42. The molecule has 3 aromatic rings. The molecule has 1 atom stereocenters. The van der Waals surface area contributed by atoms with Gasteiger partial charge in [0.25, 0.3) is 0 Å². The summed E-state index contributed by atoms with van der Waals surface area (Å²) in [5.41, 5.74) is 2.03. The number of aliphatic hydroxyl groups is 1. The molecule has 32 heavy (non-hydrogen) atoms. The molecule has 0 aliphatic heterocycles. The van der Waals surface area contributed by atoms with Gasteiger partial charge >= 0.3 is 6.03 Å². The van der Waals surface area contributed by atoms with Gasteiger partial charge < -0.3 is 25.8 Å². The number of urea groups is 1. The topological polar surface area (TPSA) is 132 Å². The predicted molar refractivity (Wildman–Crippen MR) is 122 cm³/mol. The van der Waals surface area contributed by atoms with Gasteiger partial charge in [0.15, 0.2) is 0 Å². The number of nitrogens with zero attached hydrogens (tertiary/aromatic N) is 3. The molecule has 9 nitrogen and oxygen atoms in total. The van der Waals surface area contributed by atoms with Gasteiger partial charge in [-0.25, -0.2) is 9.78 Å². The van der Waals surface area contributed by atoms with Gasteiger partial charge in [-0.2, -0.15) is 10.2 Å². The van der Waals surface area contributed by atoms with Crippen molar-refractivity contribution >= 4 is 23.4 Å². The van der Waals surface area contributed by atoms with Crippen molar-refractivity contribution in [2.24, 2.45) is 0 Å². The average molecular weight is 432 g/mol. The van der Waals surface area contributed by atoms with Crippen molar-refractivity contribution in [3.8, 4) is 17.7 Å². The van der Waals surface area contributed by atoms with Crippen molar-refractivity contribution in [3.05, 3.63) is 66.4 Å². The fourth-order valence-corrected chi connectivity index (χ4v) is 2.74. The molecule has 1 aromatic heterocycles. The molecule has 0 spiro atoms. The molecule has 4 N–H and O–H groups in total. The lowest BCUT2D eigenvalue weighted by atomic mass is 10.0. The third-order valence-corrected chi connectivity index (χ3v) is 4.42. The van der Waals surface area contributed by atoms with Crippen LogP contribution in [0.5, 0.6) is 11.6 Å². The zero-order valence-electron chi connectivity index (χ0n) is 17.6. The first-order valence-corrected chi connectivity index (χ1v) is 10.1. The maximum atomic E-state index is 12.3. The summed E-state index contributed by atoms with van der Waals surface area (Å²) in [5, 5.41) is 26.4. The number of aliphatic hydroxyl groups excluding tert-OH is 1. The Bertz CT molecular complexity index is 1080. The lowest BCUT2D eigenvalue weighted by Gasteiger charge is -2.11. The van der Waals surface area contributed by atoms with E-state index < -0.39 is 6.03 Å². The summed E-state index contributed by atoms with van der Waals surface area (Å²) in [4.78, 5) is 20.7. The van der Waals surface area contributed by atoms with E-state index in [9.17, 15) is 4.79 Å². The van der Waals surface area contributed by atoms with Crippen LogP contribution >= 0.6 is 0 Å². The highest BCUT2D eigenvalue weighted by atomic mass is 16.5. The first kappa shape index (κ1) is 22.5. The number of carbonyl (C=O) groups is 1. The maximum absolute atomic E-state index is 12.3. The Kier molecular flexibility index (Phi) is 7.95. The number of ether oxygens (including phenoxy) is 1. The second-order valence-corrected chi connectivity index (χ2v) is 6.90. The van der Waals surface area contributed by atoms with Crippen LogP contribution in [0.15, 0.2) is 60.8 Å². The summed E-state index contributed by atoms with van der Waals surface area (Å²) in [6, 6.07) is 17.5. The van der Waals surface area contributed by atoms with Gasteiger partial charge in [-0.15, -0.1) is 0 Å². The molecule has 1 heterocycles. The smallest absolute Gasteiger partial charge is 0.323 e. The average Bonchev–Trinajstić information content (AvgIpc) is 2.80. The van der Waals surface area contributed by atoms with Crippen LogP contribution < -0.4 is 20.7 Å². The van der Waals surface area contributed by atoms with Crippen molar-refractivity contribution in [3.63, 3.8) is 0 Å². The van der Waals surface area contributed by atoms with Crippen LogP contribution in [-0.4, -0.2) is 34.3 Å². The monoisotopic (exact) mass is 432 g/mol. The fourth-order valence-electron chi connectivity index (χ4n) is 2.74. The SMILES string of the molecule is CC(C#N)c1cccc(NC(=O)Nc2ccc(Oc3ccnc(NCCCO)n3)cc2)c1. The number of nitriles is 1. The molecule has 2 aromatic carbocycles. The van der Waals surface area contributed by atoms with Crippen LogP contribution in [0.4, 0.5) is 22.1 Å². The Morgan fingerprint density at radius 1 is 1.16 bits per heavy atom. The van der Waals surface area contributed by atoms with E-state index in [-0.39, 0.29) is 12.5 Å². The minimum Gasteiger partial charge on any atom is -0.439 e. The van der Waals surface area contributed by atoms with Gasteiger partial charge in [-0.1, -0.05) is 12.1 Å². The number of hydrogen-bond donors (Lipinski definition) is 4. The van der Waals surface area contributed by atoms with Crippen molar-refractivity contribution in [2.75, 3.05) is 29.1 Å². The number of nitrogens with one attached hydrogen (secondary N) is 3. The van der Waals surface area contributed by atoms with Gasteiger partial charge in [0.05, 0.1) is 12.0 Å². The zero-order valence-corrected chi connectivity index (χ0v) is 17.6. The molecule has 0 saturated heterocycles. The molecule has 1 unspecified atom stereocenters. The largest absolute Gasteiger partial charge is 0.439 e. The second kappa shape index (κ2) is 11.3. The van der Waals surface area contributed by atoms with Gasteiger partial charge in [0, 0.05) is 36.8 Å². The Hall–Kier alpha value is -4.16. The third kappa shape index (κ3) is 6.68. The highest BCUT2D eigenvalue weighted by Gasteiger charge is 2.08. The Balaban J connectivity index is 1.55. The summed E-state index contributed by atoms with van der Waals surface area (Å²) in [6.45, 7) is 2.46. The molecule has 9 heteroatoms. The molecule has 0 aliphatic carbocycles. The summed E-state index contributed by atoms with van der Waals surface area (Å²) in [6.07, 6.45) is 2.18.